The van der Waals surface area contributed by atoms with Gasteiger partial charge >= 0.3 is 5.97 Å². The van der Waals surface area contributed by atoms with Crippen molar-refractivity contribution < 1.29 is 19.1 Å². The molecule has 1 aliphatic heterocycles. The van der Waals surface area contributed by atoms with Crippen molar-refractivity contribution in [3.63, 3.8) is 0 Å². The molecule has 0 amide bonds. The summed E-state index contributed by atoms with van der Waals surface area (Å²) >= 11 is 0. The van der Waals surface area contributed by atoms with Gasteiger partial charge in [0.05, 0.1) is 13.2 Å². The molecule has 1 N–H and O–H groups in total. The van der Waals surface area contributed by atoms with Gasteiger partial charge in [-0.1, -0.05) is 18.2 Å². The highest BCUT2D eigenvalue weighted by atomic mass is 16.5. The molecule has 6 nitrogen and oxygen atoms in total. The number of benzene rings is 1. The molecule has 1 aromatic carbocycles. The molecule has 1 fully saturated rings. The average Bonchev–Trinajstić information content (AvgIpc) is 2.94. The molecule has 0 spiro atoms. The minimum absolute atomic E-state index is 0.0502. The van der Waals surface area contributed by atoms with Crippen molar-refractivity contribution in [2.45, 2.75) is 0 Å². The molecule has 2 heterocycles. The number of ether oxygens (including phenoxy) is 1. The SMILES string of the molecule is O=C(O)c1nc(-c2ccccc2)oc1N1CCOCC1. The third kappa shape index (κ3) is 2.37. The van der Waals surface area contributed by atoms with Crippen LogP contribution in [0.25, 0.3) is 11.5 Å². The van der Waals surface area contributed by atoms with E-state index in [1.807, 2.05) is 35.2 Å². The third-order valence-corrected chi connectivity index (χ3v) is 3.13. The van der Waals surface area contributed by atoms with Crippen LogP contribution in [0.4, 0.5) is 5.88 Å². The summed E-state index contributed by atoms with van der Waals surface area (Å²) in [5.74, 6) is -0.457. The molecular formula is C14H14N2O4. The molecule has 1 aliphatic rings. The molecule has 0 unspecified atom stereocenters. The van der Waals surface area contributed by atoms with Gasteiger partial charge in [0, 0.05) is 18.7 Å². The summed E-state index contributed by atoms with van der Waals surface area (Å²) in [7, 11) is 0. The molecule has 2 aromatic rings. The van der Waals surface area contributed by atoms with Crippen molar-refractivity contribution in [3.8, 4) is 11.5 Å². The van der Waals surface area contributed by atoms with Crippen LogP contribution in [0, 0.1) is 0 Å². The van der Waals surface area contributed by atoms with Gasteiger partial charge in [-0.15, -0.1) is 0 Å². The van der Waals surface area contributed by atoms with E-state index >= 15 is 0 Å². The van der Waals surface area contributed by atoms with E-state index in [9.17, 15) is 9.90 Å². The summed E-state index contributed by atoms with van der Waals surface area (Å²) in [6.07, 6.45) is 0. The number of carbonyl (C=O) groups is 1. The van der Waals surface area contributed by atoms with E-state index in [1.54, 1.807) is 0 Å². The van der Waals surface area contributed by atoms with Gasteiger partial charge in [0.15, 0.2) is 0 Å². The fourth-order valence-corrected chi connectivity index (χ4v) is 2.14. The lowest BCUT2D eigenvalue weighted by molar-refractivity contribution is 0.0690. The first-order valence-corrected chi connectivity index (χ1v) is 6.38. The van der Waals surface area contributed by atoms with Crippen LogP contribution in [0.1, 0.15) is 10.5 Å². The number of morpholine rings is 1. The van der Waals surface area contributed by atoms with Crippen LogP contribution in [-0.4, -0.2) is 42.4 Å². The highest BCUT2D eigenvalue weighted by Crippen LogP contribution is 2.28. The van der Waals surface area contributed by atoms with E-state index < -0.39 is 5.97 Å². The number of hydrogen-bond acceptors (Lipinski definition) is 5. The Balaban J connectivity index is 2.00. The summed E-state index contributed by atoms with van der Waals surface area (Å²) in [5, 5.41) is 9.28. The number of anilines is 1. The second kappa shape index (κ2) is 5.34. The van der Waals surface area contributed by atoms with Crippen molar-refractivity contribution in [2.75, 3.05) is 31.2 Å². The monoisotopic (exact) mass is 274 g/mol. The molecule has 6 heteroatoms. The molecular weight excluding hydrogens is 260 g/mol. The quantitative estimate of drug-likeness (QED) is 0.921. The van der Waals surface area contributed by atoms with Gasteiger partial charge < -0.3 is 19.2 Å². The smallest absolute Gasteiger partial charge is 0.360 e. The van der Waals surface area contributed by atoms with Gasteiger partial charge in [0.25, 0.3) is 0 Å². The largest absolute Gasteiger partial charge is 0.476 e. The summed E-state index contributed by atoms with van der Waals surface area (Å²) < 4.78 is 10.9. The van der Waals surface area contributed by atoms with Gasteiger partial charge in [-0.25, -0.2) is 4.79 Å². The molecule has 0 aliphatic carbocycles. The van der Waals surface area contributed by atoms with Gasteiger partial charge in [-0.3, -0.25) is 0 Å². The van der Waals surface area contributed by atoms with Gasteiger partial charge in [0.2, 0.25) is 17.5 Å². The molecule has 0 bridgehead atoms. The van der Waals surface area contributed by atoms with Crippen molar-refractivity contribution in [2.24, 2.45) is 0 Å². The van der Waals surface area contributed by atoms with Crippen LogP contribution in [0.3, 0.4) is 0 Å². The molecule has 0 atom stereocenters. The van der Waals surface area contributed by atoms with E-state index in [4.69, 9.17) is 9.15 Å². The van der Waals surface area contributed by atoms with Crippen molar-refractivity contribution >= 4 is 11.9 Å². The predicted octanol–water partition coefficient (Wildman–Crippen LogP) is 1.88. The highest BCUT2D eigenvalue weighted by Gasteiger charge is 2.26. The maximum atomic E-state index is 11.3. The number of aromatic carboxylic acids is 1. The number of rotatable bonds is 3. The molecule has 20 heavy (non-hydrogen) atoms. The second-order valence-corrected chi connectivity index (χ2v) is 4.44. The lowest BCUT2D eigenvalue weighted by atomic mass is 10.2. The van der Waals surface area contributed by atoms with E-state index in [1.165, 1.54) is 0 Å². The van der Waals surface area contributed by atoms with Crippen LogP contribution in [0.5, 0.6) is 0 Å². The zero-order chi connectivity index (χ0) is 13.9. The molecule has 0 radical (unpaired) electrons. The fourth-order valence-electron chi connectivity index (χ4n) is 2.14. The number of nitrogens with zero attached hydrogens (tertiary/aromatic N) is 2. The Morgan fingerprint density at radius 2 is 1.90 bits per heavy atom. The number of aromatic nitrogens is 1. The lowest BCUT2D eigenvalue weighted by Gasteiger charge is -2.26. The topological polar surface area (TPSA) is 75.8 Å². The van der Waals surface area contributed by atoms with Crippen molar-refractivity contribution in [3.05, 3.63) is 36.0 Å². The molecule has 104 valence electrons. The van der Waals surface area contributed by atoms with E-state index in [0.29, 0.717) is 38.1 Å². The molecule has 3 rings (SSSR count). The number of hydrogen-bond donors (Lipinski definition) is 1. The second-order valence-electron chi connectivity index (χ2n) is 4.44. The Bertz CT molecular complexity index is 603. The van der Waals surface area contributed by atoms with Crippen LogP contribution >= 0.6 is 0 Å². The number of oxazole rings is 1. The third-order valence-electron chi connectivity index (χ3n) is 3.13. The molecule has 0 saturated carbocycles. The van der Waals surface area contributed by atoms with Gasteiger partial charge in [-0.05, 0) is 12.1 Å². The first-order valence-electron chi connectivity index (χ1n) is 6.38. The standard InChI is InChI=1S/C14H14N2O4/c17-14(18)11-13(16-6-8-19-9-7-16)20-12(15-11)10-4-2-1-3-5-10/h1-5H,6-9H2,(H,17,18). The minimum atomic E-state index is -1.09. The van der Waals surface area contributed by atoms with Crippen LogP contribution in [-0.2, 0) is 4.74 Å². The van der Waals surface area contributed by atoms with Gasteiger partial charge in [-0.2, -0.15) is 4.98 Å². The zero-order valence-corrected chi connectivity index (χ0v) is 10.8. The fraction of sp³-hybridized carbons (Fsp3) is 0.286. The highest BCUT2D eigenvalue weighted by molar-refractivity contribution is 5.91. The first kappa shape index (κ1) is 12.7. The minimum Gasteiger partial charge on any atom is -0.476 e. The zero-order valence-electron chi connectivity index (χ0n) is 10.8. The van der Waals surface area contributed by atoms with E-state index in [2.05, 4.69) is 4.98 Å². The summed E-state index contributed by atoms with van der Waals surface area (Å²) in [5.41, 5.74) is 0.709. The first-order chi connectivity index (χ1) is 9.75. The van der Waals surface area contributed by atoms with E-state index in [0.717, 1.165) is 5.56 Å². The Morgan fingerprint density at radius 3 is 2.55 bits per heavy atom. The van der Waals surface area contributed by atoms with Crippen LogP contribution in [0.2, 0.25) is 0 Å². The summed E-state index contributed by atoms with van der Waals surface area (Å²) in [6.45, 7) is 2.31. The Hall–Kier alpha value is -2.34. The van der Waals surface area contributed by atoms with Crippen LogP contribution in [0.15, 0.2) is 34.7 Å². The summed E-state index contributed by atoms with van der Waals surface area (Å²) in [6, 6.07) is 9.26. The maximum absolute atomic E-state index is 11.3. The normalized spacial score (nSPS) is 15.3. The van der Waals surface area contributed by atoms with Crippen molar-refractivity contribution in [1.29, 1.82) is 0 Å². The summed E-state index contributed by atoms with van der Waals surface area (Å²) in [4.78, 5) is 17.3. The Labute approximate surface area is 115 Å². The average molecular weight is 274 g/mol. The van der Waals surface area contributed by atoms with Gasteiger partial charge in [0.1, 0.15) is 0 Å². The lowest BCUT2D eigenvalue weighted by Crippen LogP contribution is -2.36. The number of carboxylic acid groups (broad SMARTS) is 1. The number of carboxylic acids is 1. The van der Waals surface area contributed by atoms with Crippen molar-refractivity contribution in [1.82, 2.24) is 4.98 Å². The Morgan fingerprint density at radius 1 is 1.20 bits per heavy atom. The van der Waals surface area contributed by atoms with Crippen LogP contribution < -0.4 is 4.90 Å². The maximum Gasteiger partial charge on any atom is 0.360 e. The predicted molar refractivity (Wildman–Crippen MR) is 71.9 cm³/mol. The molecule has 1 aromatic heterocycles. The molecule has 1 saturated heterocycles. The Kier molecular flexibility index (Phi) is 3.39. The van der Waals surface area contributed by atoms with E-state index in [-0.39, 0.29) is 5.69 Å².